The van der Waals surface area contributed by atoms with Gasteiger partial charge in [0.15, 0.2) is 5.96 Å². The molecule has 0 aliphatic carbocycles. The average Bonchev–Trinajstić information content (AvgIpc) is 3.01. The van der Waals surface area contributed by atoms with Crippen molar-refractivity contribution in [2.75, 3.05) is 19.7 Å². The largest absolute Gasteiger partial charge is 0.475 e. The molecule has 0 unspecified atom stereocenters. The van der Waals surface area contributed by atoms with Gasteiger partial charge >= 0.3 is 6.18 Å². The number of nitrogens with zero attached hydrogens (tertiary/aromatic N) is 5. The van der Waals surface area contributed by atoms with Gasteiger partial charge in [-0.3, -0.25) is 4.68 Å². The van der Waals surface area contributed by atoms with E-state index in [4.69, 9.17) is 4.74 Å². The number of rotatable bonds is 7. The highest BCUT2D eigenvalue weighted by atomic mass is 127. The maximum Gasteiger partial charge on any atom is 0.421 e. The molecule has 150 valence electrons. The Balaban J connectivity index is 0.00000364. The van der Waals surface area contributed by atoms with Crippen molar-refractivity contribution in [2.45, 2.75) is 19.6 Å². The molecule has 0 saturated heterocycles. The summed E-state index contributed by atoms with van der Waals surface area (Å²) in [5.41, 5.74) is -0.900. The zero-order valence-corrected chi connectivity index (χ0v) is 17.2. The molecule has 2 aromatic rings. The minimum atomic E-state index is -4.51. The SMILES string of the molecule is CCNC(=NCc1ncnn1C)NCCOc1ncccc1C(F)(F)F.I. The highest BCUT2D eigenvalue weighted by Crippen LogP contribution is 2.34. The Morgan fingerprint density at radius 1 is 1.30 bits per heavy atom. The van der Waals surface area contributed by atoms with E-state index in [1.54, 1.807) is 11.7 Å². The number of ether oxygens (including phenoxy) is 1. The lowest BCUT2D eigenvalue weighted by molar-refractivity contribution is -0.139. The quantitative estimate of drug-likeness (QED) is 0.262. The van der Waals surface area contributed by atoms with Crippen molar-refractivity contribution in [1.82, 2.24) is 30.4 Å². The number of hydrogen-bond acceptors (Lipinski definition) is 5. The van der Waals surface area contributed by atoms with Gasteiger partial charge in [-0.05, 0) is 19.1 Å². The molecule has 0 amide bonds. The van der Waals surface area contributed by atoms with Crippen LogP contribution in [0.15, 0.2) is 29.6 Å². The van der Waals surface area contributed by atoms with E-state index in [9.17, 15) is 13.2 Å². The van der Waals surface area contributed by atoms with Gasteiger partial charge in [-0.1, -0.05) is 0 Å². The summed E-state index contributed by atoms with van der Waals surface area (Å²) in [6, 6.07) is 2.15. The summed E-state index contributed by atoms with van der Waals surface area (Å²) in [6.45, 7) is 3.08. The van der Waals surface area contributed by atoms with Crippen molar-refractivity contribution in [3.8, 4) is 5.88 Å². The Kier molecular flexibility index (Phi) is 9.25. The second-order valence-electron chi connectivity index (χ2n) is 5.12. The Morgan fingerprint density at radius 3 is 2.70 bits per heavy atom. The minimum absolute atomic E-state index is 0. The molecule has 2 rings (SSSR count). The van der Waals surface area contributed by atoms with Gasteiger partial charge in [0.2, 0.25) is 5.88 Å². The molecular formula is C15H21F3IN7O. The molecule has 2 aromatic heterocycles. The summed E-state index contributed by atoms with van der Waals surface area (Å²) in [4.78, 5) is 12.0. The fourth-order valence-electron chi connectivity index (χ4n) is 1.99. The molecule has 8 nitrogen and oxygen atoms in total. The van der Waals surface area contributed by atoms with E-state index in [0.717, 1.165) is 6.07 Å². The summed E-state index contributed by atoms with van der Waals surface area (Å²) in [6.07, 6.45) is -1.82. The molecule has 12 heteroatoms. The van der Waals surface area contributed by atoms with E-state index in [-0.39, 0.29) is 37.1 Å². The first-order valence-corrected chi connectivity index (χ1v) is 7.92. The van der Waals surface area contributed by atoms with Crippen molar-refractivity contribution in [1.29, 1.82) is 0 Å². The molecule has 27 heavy (non-hydrogen) atoms. The lowest BCUT2D eigenvalue weighted by Crippen LogP contribution is -2.39. The van der Waals surface area contributed by atoms with Gasteiger partial charge in [0.1, 0.15) is 30.9 Å². The normalized spacial score (nSPS) is 11.7. The highest BCUT2D eigenvalue weighted by molar-refractivity contribution is 14.0. The summed E-state index contributed by atoms with van der Waals surface area (Å²) in [7, 11) is 1.76. The Hall–Kier alpha value is -2.12. The number of hydrogen-bond donors (Lipinski definition) is 2. The maximum atomic E-state index is 12.9. The fourth-order valence-corrected chi connectivity index (χ4v) is 1.99. The Bertz CT molecular complexity index is 736. The molecule has 0 atom stereocenters. The van der Waals surface area contributed by atoms with Crippen LogP contribution >= 0.6 is 24.0 Å². The number of aromatic nitrogens is 4. The third kappa shape index (κ3) is 7.19. The third-order valence-electron chi connectivity index (χ3n) is 3.24. The van der Waals surface area contributed by atoms with Crippen LogP contribution < -0.4 is 15.4 Å². The van der Waals surface area contributed by atoms with Crippen LogP contribution in [0.5, 0.6) is 5.88 Å². The molecule has 0 fully saturated rings. The first-order chi connectivity index (χ1) is 12.4. The third-order valence-corrected chi connectivity index (χ3v) is 3.24. The first kappa shape index (κ1) is 22.9. The zero-order chi connectivity index (χ0) is 19.0. The number of guanidine groups is 1. The average molecular weight is 499 g/mol. The van der Waals surface area contributed by atoms with Crippen molar-refractivity contribution in [3.63, 3.8) is 0 Å². The number of aryl methyl sites for hydroxylation is 1. The molecule has 2 heterocycles. The van der Waals surface area contributed by atoms with E-state index in [1.165, 1.54) is 18.6 Å². The molecule has 0 bridgehead atoms. The molecule has 0 radical (unpaired) electrons. The smallest absolute Gasteiger partial charge is 0.421 e. The second-order valence-corrected chi connectivity index (χ2v) is 5.12. The van der Waals surface area contributed by atoms with E-state index in [1.807, 2.05) is 6.92 Å². The van der Waals surface area contributed by atoms with Gasteiger partial charge in [0, 0.05) is 19.8 Å². The van der Waals surface area contributed by atoms with Crippen LogP contribution in [0.3, 0.4) is 0 Å². The molecule has 0 aromatic carbocycles. The van der Waals surface area contributed by atoms with Crippen LogP contribution in [-0.2, 0) is 19.8 Å². The van der Waals surface area contributed by atoms with E-state index in [2.05, 4.69) is 30.7 Å². The number of halogens is 4. The molecule has 0 aliphatic heterocycles. The van der Waals surface area contributed by atoms with Crippen molar-refractivity contribution in [2.24, 2.45) is 12.0 Å². The number of pyridine rings is 1. The fraction of sp³-hybridized carbons (Fsp3) is 0.467. The van der Waals surface area contributed by atoms with Gasteiger partial charge in [-0.2, -0.15) is 18.3 Å². The van der Waals surface area contributed by atoms with Gasteiger partial charge in [0.25, 0.3) is 0 Å². The minimum Gasteiger partial charge on any atom is -0.475 e. The Labute approximate surface area is 171 Å². The summed E-state index contributed by atoms with van der Waals surface area (Å²) in [5, 5.41) is 9.96. The topological polar surface area (TPSA) is 89.2 Å². The van der Waals surface area contributed by atoms with Crippen LogP contribution in [0.4, 0.5) is 13.2 Å². The second kappa shape index (κ2) is 10.9. The lowest BCUT2D eigenvalue weighted by atomic mass is 10.2. The summed E-state index contributed by atoms with van der Waals surface area (Å²) in [5.74, 6) is 0.737. The van der Waals surface area contributed by atoms with E-state index < -0.39 is 17.6 Å². The summed E-state index contributed by atoms with van der Waals surface area (Å²) >= 11 is 0. The molecule has 2 N–H and O–H groups in total. The predicted molar refractivity (Wildman–Crippen MR) is 104 cm³/mol. The number of nitrogens with one attached hydrogen (secondary N) is 2. The molecule has 0 saturated carbocycles. The standard InChI is InChI=1S/C15H20F3N7O.HI/c1-3-19-14(22-9-12-23-10-24-25(12)2)21-7-8-26-13-11(15(16,17)18)5-4-6-20-13;/h4-6,10H,3,7-9H2,1-2H3,(H2,19,21,22);1H. The number of alkyl halides is 3. The molecule has 0 aliphatic rings. The van der Waals surface area contributed by atoms with Crippen molar-refractivity contribution >= 4 is 29.9 Å². The van der Waals surface area contributed by atoms with Gasteiger partial charge in [-0.25, -0.2) is 15.0 Å². The summed E-state index contributed by atoms with van der Waals surface area (Å²) < 4.78 is 45.4. The maximum absolute atomic E-state index is 12.9. The highest BCUT2D eigenvalue weighted by Gasteiger charge is 2.34. The Morgan fingerprint density at radius 2 is 2.07 bits per heavy atom. The monoisotopic (exact) mass is 499 g/mol. The van der Waals surface area contributed by atoms with E-state index >= 15 is 0 Å². The lowest BCUT2D eigenvalue weighted by Gasteiger charge is -2.14. The van der Waals surface area contributed by atoms with Crippen LogP contribution in [-0.4, -0.2) is 45.4 Å². The first-order valence-electron chi connectivity index (χ1n) is 7.92. The van der Waals surface area contributed by atoms with Crippen molar-refractivity contribution in [3.05, 3.63) is 36.0 Å². The van der Waals surface area contributed by atoms with Crippen LogP contribution in [0.2, 0.25) is 0 Å². The van der Waals surface area contributed by atoms with Gasteiger partial charge in [-0.15, -0.1) is 24.0 Å². The van der Waals surface area contributed by atoms with Crippen LogP contribution in [0, 0.1) is 0 Å². The van der Waals surface area contributed by atoms with Crippen LogP contribution in [0.1, 0.15) is 18.3 Å². The van der Waals surface area contributed by atoms with Crippen LogP contribution in [0.25, 0.3) is 0 Å². The number of aliphatic imine (C=N–C) groups is 1. The van der Waals surface area contributed by atoms with Gasteiger partial charge < -0.3 is 15.4 Å². The molecule has 0 spiro atoms. The van der Waals surface area contributed by atoms with E-state index in [0.29, 0.717) is 24.9 Å². The van der Waals surface area contributed by atoms with Gasteiger partial charge in [0.05, 0.1) is 6.54 Å². The zero-order valence-electron chi connectivity index (χ0n) is 14.8. The molecular weight excluding hydrogens is 478 g/mol. The van der Waals surface area contributed by atoms with Crippen molar-refractivity contribution < 1.29 is 17.9 Å². The predicted octanol–water partition coefficient (Wildman–Crippen LogP) is 1.98.